The van der Waals surface area contributed by atoms with Gasteiger partial charge in [-0.25, -0.2) is 8.78 Å². The molecule has 5 nitrogen and oxygen atoms in total. The van der Waals surface area contributed by atoms with Crippen molar-refractivity contribution in [2.45, 2.75) is 19.5 Å². The smallest absolute Gasteiger partial charge is 0.261 e. The molecule has 0 radical (unpaired) electrons. The Morgan fingerprint density at radius 1 is 0.906 bits per heavy atom. The highest BCUT2D eigenvalue weighted by atomic mass is 19.2. The number of amides is 3. The molecule has 1 aliphatic heterocycles. The van der Waals surface area contributed by atoms with E-state index in [1.54, 1.807) is 62.5 Å². The number of nitrogens with zero attached hydrogens (tertiary/aromatic N) is 2. The minimum atomic E-state index is -0.974. The molecule has 0 fully saturated rings. The maximum absolute atomic E-state index is 13.6. The standard InChI is InChI=1S/C25H20F2N2O3/c1-15(17-10-11-21(26)22(27)13-17)28(2)23(30)18-7-5-6-16(12-18)14-29-24(31)19-8-3-4-9-20(19)25(29)32/h3-13,15H,14H2,1-2H3. The van der Waals surface area contributed by atoms with Crippen LogP contribution in [0, 0.1) is 11.6 Å². The first-order valence-electron chi connectivity index (χ1n) is 10.0. The van der Waals surface area contributed by atoms with Crippen molar-refractivity contribution in [3.63, 3.8) is 0 Å². The van der Waals surface area contributed by atoms with Crippen LogP contribution in [0.3, 0.4) is 0 Å². The van der Waals surface area contributed by atoms with Crippen molar-refractivity contribution < 1.29 is 23.2 Å². The molecule has 1 unspecified atom stereocenters. The number of imide groups is 1. The molecule has 0 saturated heterocycles. The van der Waals surface area contributed by atoms with E-state index in [4.69, 9.17) is 0 Å². The Kier molecular flexibility index (Phi) is 5.57. The second kappa shape index (κ2) is 8.34. The number of hydrogen-bond acceptors (Lipinski definition) is 3. The van der Waals surface area contributed by atoms with E-state index in [1.165, 1.54) is 11.0 Å². The molecule has 0 aliphatic carbocycles. The Bertz CT molecular complexity index is 1210. The average molecular weight is 434 g/mol. The Balaban J connectivity index is 1.52. The van der Waals surface area contributed by atoms with Gasteiger partial charge in [-0.1, -0.05) is 30.3 Å². The van der Waals surface area contributed by atoms with Gasteiger partial charge < -0.3 is 4.90 Å². The third kappa shape index (κ3) is 3.77. The molecule has 162 valence electrons. The summed E-state index contributed by atoms with van der Waals surface area (Å²) in [6.07, 6.45) is 0. The predicted molar refractivity (Wildman–Crippen MR) is 114 cm³/mol. The van der Waals surface area contributed by atoms with E-state index in [-0.39, 0.29) is 24.3 Å². The molecule has 3 aromatic rings. The van der Waals surface area contributed by atoms with E-state index in [0.29, 0.717) is 27.8 Å². The summed E-state index contributed by atoms with van der Waals surface area (Å²) < 4.78 is 26.8. The quantitative estimate of drug-likeness (QED) is 0.552. The molecule has 1 heterocycles. The van der Waals surface area contributed by atoms with Crippen LogP contribution in [-0.4, -0.2) is 34.6 Å². The normalized spacial score (nSPS) is 13.8. The topological polar surface area (TPSA) is 57.7 Å². The molecule has 0 spiro atoms. The summed E-state index contributed by atoms with van der Waals surface area (Å²) in [5.41, 5.74) is 2.17. The number of hydrogen-bond donors (Lipinski definition) is 0. The van der Waals surface area contributed by atoms with Gasteiger partial charge >= 0.3 is 0 Å². The minimum absolute atomic E-state index is 0.0376. The van der Waals surface area contributed by atoms with Crippen LogP contribution in [-0.2, 0) is 6.54 Å². The van der Waals surface area contributed by atoms with Crippen molar-refractivity contribution >= 4 is 17.7 Å². The zero-order valence-electron chi connectivity index (χ0n) is 17.5. The zero-order chi connectivity index (χ0) is 23.0. The predicted octanol–water partition coefficient (Wildman–Crippen LogP) is 4.59. The summed E-state index contributed by atoms with van der Waals surface area (Å²) in [6.45, 7) is 1.75. The van der Waals surface area contributed by atoms with Crippen LogP contribution in [0.4, 0.5) is 8.78 Å². The van der Waals surface area contributed by atoms with E-state index in [2.05, 4.69) is 0 Å². The Morgan fingerprint density at radius 2 is 1.56 bits per heavy atom. The fraction of sp³-hybridized carbons (Fsp3) is 0.160. The van der Waals surface area contributed by atoms with Crippen LogP contribution < -0.4 is 0 Å². The molecule has 0 aromatic heterocycles. The molecule has 0 N–H and O–H groups in total. The summed E-state index contributed by atoms with van der Waals surface area (Å²) in [4.78, 5) is 40.8. The van der Waals surface area contributed by atoms with Crippen LogP contribution in [0.15, 0.2) is 66.7 Å². The van der Waals surface area contributed by atoms with Crippen molar-refractivity contribution in [1.82, 2.24) is 9.80 Å². The number of fused-ring (bicyclic) bond motifs is 1. The lowest BCUT2D eigenvalue weighted by molar-refractivity contribution is 0.0642. The maximum atomic E-state index is 13.6. The molecule has 7 heteroatoms. The van der Waals surface area contributed by atoms with Gasteiger partial charge in [0.1, 0.15) is 0 Å². The average Bonchev–Trinajstić information content (AvgIpc) is 3.04. The summed E-state index contributed by atoms with van der Waals surface area (Å²) in [6, 6.07) is 16.3. The van der Waals surface area contributed by atoms with Gasteiger partial charge in [-0.2, -0.15) is 0 Å². The van der Waals surface area contributed by atoms with E-state index in [1.807, 2.05) is 0 Å². The lowest BCUT2D eigenvalue weighted by atomic mass is 10.0. The van der Waals surface area contributed by atoms with Crippen LogP contribution in [0.5, 0.6) is 0 Å². The van der Waals surface area contributed by atoms with E-state index in [9.17, 15) is 23.2 Å². The highest BCUT2D eigenvalue weighted by Crippen LogP contribution is 2.26. The molecule has 1 aliphatic rings. The molecule has 32 heavy (non-hydrogen) atoms. The van der Waals surface area contributed by atoms with Gasteiger partial charge in [0, 0.05) is 12.6 Å². The molecular weight excluding hydrogens is 414 g/mol. The van der Waals surface area contributed by atoms with Crippen LogP contribution >= 0.6 is 0 Å². The third-order valence-electron chi connectivity index (χ3n) is 5.72. The molecule has 3 aromatic carbocycles. The van der Waals surface area contributed by atoms with Gasteiger partial charge in [-0.3, -0.25) is 19.3 Å². The molecule has 1 atom stereocenters. The molecular formula is C25H20F2N2O3. The number of halogens is 2. The lowest BCUT2D eigenvalue weighted by Crippen LogP contribution is -2.31. The number of benzene rings is 3. The SMILES string of the molecule is CC(c1ccc(F)c(F)c1)N(C)C(=O)c1cccc(CN2C(=O)c3ccccc3C2=O)c1. The maximum Gasteiger partial charge on any atom is 0.261 e. The molecule has 3 amide bonds. The number of rotatable bonds is 5. The Labute approximate surface area is 183 Å². The Morgan fingerprint density at radius 3 is 2.19 bits per heavy atom. The largest absolute Gasteiger partial charge is 0.335 e. The van der Waals surface area contributed by atoms with Crippen molar-refractivity contribution in [2.24, 2.45) is 0 Å². The fourth-order valence-electron chi connectivity index (χ4n) is 3.74. The third-order valence-corrected chi connectivity index (χ3v) is 5.72. The van der Waals surface area contributed by atoms with Gasteiger partial charge in [0.25, 0.3) is 17.7 Å². The van der Waals surface area contributed by atoms with Crippen LogP contribution in [0.25, 0.3) is 0 Å². The van der Waals surface area contributed by atoms with Gasteiger partial charge in [0.2, 0.25) is 0 Å². The second-order valence-electron chi connectivity index (χ2n) is 7.71. The highest BCUT2D eigenvalue weighted by molar-refractivity contribution is 6.21. The first-order chi connectivity index (χ1) is 15.3. The monoisotopic (exact) mass is 434 g/mol. The van der Waals surface area contributed by atoms with E-state index < -0.39 is 17.7 Å². The van der Waals surface area contributed by atoms with Crippen molar-refractivity contribution in [3.05, 3.63) is 106 Å². The minimum Gasteiger partial charge on any atom is -0.335 e. The van der Waals surface area contributed by atoms with Gasteiger partial charge in [0.05, 0.1) is 23.7 Å². The van der Waals surface area contributed by atoms with Crippen LogP contribution in [0.2, 0.25) is 0 Å². The first-order valence-corrected chi connectivity index (χ1v) is 10.0. The first kappa shape index (κ1) is 21.4. The number of carbonyl (C=O) groups excluding carboxylic acids is 3. The molecule has 0 bridgehead atoms. The van der Waals surface area contributed by atoms with Gasteiger partial charge in [0.15, 0.2) is 11.6 Å². The molecule has 0 saturated carbocycles. The number of carbonyl (C=O) groups is 3. The zero-order valence-corrected chi connectivity index (χ0v) is 17.5. The van der Waals surface area contributed by atoms with Crippen LogP contribution in [0.1, 0.15) is 55.2 Å². The van der Waals surface area contributed by atoms with Crippen molar-refractivity contribution in [3.8, 4) is 0 Å². The van der Waals surface area contributed by atoms with Crippen molar-refractivity contribution in [2.75, 3.05) is 7.05 Å². The lowest BCUT2D eigenvalue weighted by Gasteiger charge is -2.26. The summed E-state index contributed by atoms with van der Waals surface area (Å²) in [5.74, 6) is -2.99. The Hall–Kier alpha value is -3.87. The van der Waals surface area contributed by atoms with E-state index in [0.717, 1.165) is 17.0 Å². The van der Waals surface area contributed by atoms with Gasteiger partial charge in [-0.05, 0) is 54.4 Å². The van der Waals surface area contributed by atoms with Gasteiger partial charge in [-0.15, -0.1) is 0 Å². The summed E-state index contributed by atoms with van der Waals surface area (Å²) >= 11 is 0. The summed E-state index contributed by atoms with van der Waals surface area (Å²) in [5, 5.41) is 0. The van der Waals surface area contributed by atoms with Crippen molar-refractivity contribution in [1.29, 1.82) is 0 Å². The summed E-state index contributed by atoms with van der Waals surface area (Å²) in [7, 11) is 1.57. The molecule has 4 rings (SSSR count). The second-order valence-corrected chi connectivity index (χ2v) is 7.71. The highest BCUT2D eigenvalue weighted by Gasteiger charge is 2.35. The fourth-order valence-corrected chi connectivity index (χ4v) is 3.74. The van der Waals surface area contributed by atoms with E-state index >= 15 is 0 Å².